The molecule has 1 saturated heterocycles. The molecular formula is C22H26ClNO6. The highest BCUT2D eigenvalue weighted by molar-refractivity contribution is 6.33. The molecule has 2 aromatic rings. The van der Waals surface area contributed by atoms with E-state index < -0.39 is 29.3 Å². The van der Waals surface area contributed by atoms with Crippen LogP contribution in [0, 0.1) is 0 Å². The molecule has 30 heavy (non-hydrogen) atoms. The fraction of sp³-hybridized carbons (Fsp3) is 0.500. The molecule has 0 spiro atoms. The van der Waals surface area contributed by atoms with Gasteiger partial charge in [-0.25, -0.2) is 14.4 Å². The zero-order valence-corrected chi connectivity index (χ0v) is 18.4. The van der Waals surface area contributed by atoms with Gasteiger partial charge in [0.25, 0.3) is 0 Å². The monoisotopic (exact) mass is 435 g/mol. The van der Waals surface area contributed by atoms with Gasteiger partial charge in [-0.2, -0.15) is 0 Å². The predicted octanol–water partition coefficient (Wildman–Crippen LogP) is 4.70. The summed E-state index contributed by atoms with van der Waals surface area (Å²) in [5.74, 6) is -0.520. The van der Waals surface area contributed by atoms with Crippen molar-refractivity contribution < 1.29 is 23.5 Å². The number of carbonyl (C=O) groups is 2. The van der Waals surface area contributed by atoms with Crippen LogP contribution in [0.1, 0.15) is 52.5 Å². The molecule has 1 aliphatic heterocycles. The Kier molecular flexibility index (Phi) is 6.41. The number of halogens is 1. The quantitative estimate of drug-likeness (QED) is 0.393. The number of carbonyl (C=O) groups excluding carboxylic acids is 2. The van der Waals surface area contributed by atoms with Crippen LogP contribution in [0.25, 0.3) is 11.0 Å². The van der Waals surface area contributed by atoms with Crippen LogP contribution in [-0.2, 0) is 16.0 Å². The molecule has 2 heterocycles. The molecule has 1 atom stereocenters. The number of esters is 1. The maximum Gasteiger partial charge on any atom is 0.411 e. The second-order valence-electron chi connectivity index (χ2n) is 8.37. The number of rotatable bonds is 4. The summed E-state index contributed by atoms with van der Waals surface area (Å²) in [6, 6.07) is 3.77. The van der Waals surface area contributed by atoms with Crippen LogP contribution < -0.4 is 10.4 Å². The summed E-state index contributed by atoms with van der Waals surface area (Å²) in [6.07, 6.45) is 2.14. The van der Waals surface area contributed by atoms with E-state index in [-0.39, 0.29) is 10.8 Å². The van der Waals surface area contributed by atoms with E-state index in [1.807, 2.05) is 6.92 Å². The number of amides is 1. The van der Waals surface area contributed by atoms with Crippen LogP contribution in [0.4, 0.5) is 4.79 Å². The lowest BCUT2D eigenvalue weighted by Crippen LogP contribution is -2.44. The van der Waals surface area contributed by atoms with Crippen molar-refractivity contribution in [2.45, 2.75) is 65.0 Å². The van der Waals surface area contributed by atoms with Crippen molar-refractivity contribution in [3.05, 3.63) is 39.2 Å². The third-order valence-electron chi connectivity index (χ3n) is 4.77. The smallest absolute Gasteiger partial charge is 0.411 e. The van der Waals surface area contributed by atoms with Gasteiger partial charge in [-0.05, 0) is 51.7 Å². The minimum absolute atomic E-state index is 0.0852. The second-order valence-corrected chi connectivity index (χ2v) is 8.78. The Labute approximate surface area is 179 Å². The summed E-state index contributed by atoms with van der Waals surface area (Å²) in [5, 5.41) is 0.932. The number of hydrogen-bond donors (Lipinski definition) is 0. The van der Waals surface area contributed by atoms with E-state index in [2.05, 4.69) is 0 Å². The van der Waals surface area contributed by atoms with E-state index in [9.17, 15) is 14.4 Å². The van der Waals surface area contributed by atoms with Gasteiger partial charge in [0.15, 0.2) is 5.75 Å². The van der Waals surface area contributed by atoms with E-state index in [0.29, 0.717) is 36.8 Å². The first-order chi connectivity index (χ1) is 14.1. The average Bonchev–Trinajstić information content (AvgIpc) is 3.12. The normalized spacial score (nSPS) is 16.7. The number of likely N-dealkylation sites (tertiary alicyclic amines) is 1. The molecule has 0 saturated carbocycles. The zero-order valence-electron chi connectivity index (χ0n) is 17.6. The standard InChI is InChI=1S/C22H26ClNO6/c1-5-7-13-10-19(25)28-17-12-18(15(23)11-14(13)17)29-20(26)16-8-6-9-24(16)21(27)30-22(2,3)4/h10-12,16H,5-9H2,1-4H3. The summed E-state index contributed by atoms with van der Waals surface area (Å²) in [5.41, 5.74) is -0.00907. The number of nitrogens with zero attached hydrogens (tertiary/aromatic N) is 1. The number of hydrogen-bond acceptors (Lipinski definition) is 6. The van der Waals surface area contributed by atoms with Crippen molar-refractivity contribution >= 4 is 34.6 Å². The van der Waals surface area contributed by atoms with Gasteiger partial charge in [0.05, 0.1) is 5.02 Å². The summed E-state index contributed by atoms with van der Waals surface area (Å²) < 4.78 is 16.2. The summed E-state index contributed by atoms with van der Waals surface area (Å²) in [7, 11) is 0. The van der Waals surface area contributed by atoms with Gasteiger partial charge in [-0.3, -0.25) is 4.90 Å². The minimum atomic E-state index is -0.759. The van der Waals surface area contributed by atoms with E-state index >= 15 is 0 Å². The first kappa shape index (κ1) is 22.2. The van der Waals surface area contributed by atoms with Crippen LogP contribution in [0.5, 0.6) is 5.75 Å². The summed E-state index contributed by atoms with van der Waals surface area (Å²) in [6.45, 7) is 7.72. The lowest BCUT2D eigenvalue weighted by molar-refractivity contribution is -0.139. The molecule has 1 unspecified atom stereocenters. The van der Waals surface area contributed by atoms with Gasteiger partial charge in [-0.1, -0.05) is 24.9 Å². The first-order valence-corrected chi connectivity index (χ1v) is 10.4. The molecule has 1 amide bonds. The van der Waals surface area contributed by atoms with Crippen molar-refractivity contribution in [1.82, 2.24) is 4.90 Å². The summed E-state index contributed by atoms with van der Waals surface area (Å²) >= 11 is 6.35. The van der Waals surface area contributed by atoms with Gasteiger partial charge >= 0.3 is 17.7 Å². The predicted molar refractivity (Wildman–Crippen MR) is 113 cm³/mol. The highest BCUT2D eigenvalue weighted by atomic mass is 35.5. The van der Waals surface area contributed by atoms with E-state index in [1.54, 1.807) is 26.8 Å². The van der Waals surface area contributed by atoms with E-state index in [4.69, 9.17) is 25.5 Å². The summed E-state index contributed by atoms with van der Waals surface area (Å²) in [4.78, 5) is 38.5. The van der Waals surface area contributed by atoms with Crippen molar-refractivity contribution in [2.24, 2.45) is 0 Å². The average molecular weight is 436 g/mol. The molecule has 1 aromatic carbocycles. The topological polar surface area (TPSA) is 86.0 Å². The molecule has 8 heteroatoms. The molecule has 1 aliphatic rings. The fourth-order valence-corrected chi connectivity index (χ4v) is 3.71. The first-order valence-electron chi connectivity index (χ1n) is 10.1. The Morgan fingerprint density at radius 3 is 2.67 bits per heavy atom. The van der Waals surface area contributed by atoms with Crippen LogP contribution in [0.2, 0.25) is 5.02 Å². The van der Waals surface area contributed by atoms with Crippen molar-refractivity contribution in [3.63, 3.8) is 0 Å². The highest BCUT2D eigenvalue weighted by Gasteiger charge is 2.38. The highest BCUT2D eigenvalue weighted by Crippen LogP contribution is 2.33. The van der Waals surface area contributed by atoms with Gasteiger partial charge in [0.1, 0.15) is 17.2 Å². The molecule has 162 valence electrons. The zero-order chi connectivity index (χ0) is 22.1. The lowest BCUT2D eigenvalue weighted by Gasteiger charge is -2.27. The van der Waals surface area contributed by atoms with Crippen LogP contribution >= 0.6 is 11.6 Å². The molecule has 1 aromatic heterocycles. The molecule has 1 fully saturated rings. The van der Waals surface area contributed by atoms with Gasteiger partial charge in [0, 0.05) is 24.1 Å². The maximum absolute atomic E-state index is 12.8. The van der Waals surface area contributed by atoms with Crippen molar-refractivity contribution in [1.29, 1.82) is 0 Å². The number of fused-ring (bicyclic) bond motifs is 1. The van der Waals surface area contributed by atoms with E-state index in [1.165, 1.54) is 17.0 Å². The van der Waals surface area contributed by atoms with Gasteiger partial charge < -0.3 is 13.9 Å². The Hall–Kier alpha value is -2.54. The molecule has 3 rings (SSSR count). The Balaban J connectivity index is 1.84. The second kappa shape index (κ2) is 8.68. The lowest BCUT2D eigenvalue weighted by atomic mass is 10.1. The largest absolute Gasteiger partial charge is 0.444 e. The molecule has 0 bridgehead atoms. The Bertz CT molecular complexity index is 1020. The molecular weight excluding hydrogens is 410 g/mol. The fourth-order valence-electron chi connectivity index (χ4n) is 3.51. The minimum Gasteiger partial charge on any atom is -0.444 e. The molecule has 0 N–H and O–H groups in total. The third kappa shape index (κ3) is 4.95. The van der Waals surface area contributed by atoms with Crippen molar-refractivity contribution in [3.8, 4) is 5.75 Å². The van der Waals surface area contributed by atoms with Crippen LogP contribution in [-0.4, -0.2) is 35.2 Å². The van der Waals surface area contributed by atoms with Crippen molar-refractivity contribution in [2.75, 3.05) is 6.54 Å². The van der Waals surface area contributed by atoms with Crippen LogP contribution in [0.15, 0.2) is 27.4 Å². The molecule has 0 radical (unpaired) electrons. The number of aryl methyl sites for hydroxylation is 1. The number of benzene rings is 1. The maximum atomic E-state index is 12.8. The Morgan fingerprint density at radius 2 is 2.00 bits per heavy atom. The van der Waals surface area contributed by atoms with Crippen LogP contribution in [0.3, 0.4) is 0 Å². The molecule has 7 nitrogen and oxygen atoms in total. The van der Waals surface area contributed by atoms with E-state index in [0.717, 1.165) is 12.0 Å². The van der Waals surface area contributed by atoms with Gasteiger partial charge in [-0.15, -0.1) is 0 Å². The third-order valence-corrected chi connectivity index (χ3v) is 5.06. The SMILES string of the molecule is CCCc1cc(=O)oc2cc(OC(=O)C3CCCN3C(=O)OC(C)(C)C)c(Cl)cc12. The Morgan fingerprint density at radius 1 is 1.27 bits per heavy atom. The number of ether oxygens (including phenoxy) is 2. The molecule has 0 aliphatic carbocycles. The van der Waals surface area contributed by atoms with Gasteiger partial charge in [0.2, 0.25) is 0 Å².